The van der Waals surface area contributed by atoms with Gasteiger partial charge in [0.1, 0.15) is 5.75 Å². The smallest absolute Gasteiger partial charge is 0.234 e. The Bertz CT molecular complexity index is 1270. The van der Waals surface area contributed by atoms with Gasteiger partial charge in [-0.1, -0.05) is 30.3 Å². The standard InChI is InChI=1S/C27H29N5O2/c1-34-24-4-2-3-21(13-24)16-32(17-22-7-10-25-26(14-22)30-19-29-25)23-8-5-20(6-9-23)15-31-12-11-28-27(33)18-31/h2-10,13-14,19H,11-12,15-18H2,1H3,(H,28,33)(H,29,30). The first-order valence-electron chi connectivity index (χ1n) is 11.5. The predicted molar refractivity (Wildman–Crippen MR) is 134 cm³/mol. The van der Waals surface area contributed by atoms with E-state index >= 15 is 0 Å². The molecule has 1 aliphatic heterocycles. The number of ether oxygens (including phenoxy) is 1. The molecule has 1 aromatic heterocycles. The number of amides is 1. The van der Waals surface area contributed by atoms with E-state index in [1.54, 1.807) is 13.4 Å². The van der Waals surface area contributed by atoms with Crippen LogP contribution < -0.4 is 15.0 Å². The molecule has 0 saturated carbocycles. The number of piperazine rings is 1. The molecule has 1 saturated heterocycles. The Morgan fingerprint density at radius 2 is 1.79 bits per heavy atom. The topological polar surface area (TPSA) is 73.5 Å². The van der Waals surface area contributed by atoms with Crippen LogP contribution in [0.3, 0.4) is 0 Å². The van der Waals surface area contributed by atoms with Gasteiger partial charge in [-0.25, -0.2) is 4.98 Å². The normalized spacial score (nSPS) is 14.2. The Morgan fingerprint density at radius 3 is 2.59 bits per heavy atom. The number of hydrogen-bond donors (Lipinski definition) is 2. The number of benzene rings is 3. The molecule has 3 aromatic carbocycles. The largest absolute Gasteiger partial charge is 0.497 e. The second kappa shape index (κ2) is 9.97. The van der Waals surface area contributed by atoms with Gasteiger partial charge >= 0.3 is 0 Å². The molecule has 0 aliphatic carbocycles. The summed E-state index contributed by atoms with van der Waals surface area (Å²) in [5, 5.41) is 2.88. The zero-order valence-electron chi connectivity index (χ0n) is 19.3. The Hall–Kier alpha value is -3.84. The van der Waals surface area contributed by atoms with Gasteiger partial charge in [-0.3, -0.25) is 9.69 Å². The molecule has 0 atom stereocenters. The Labute approximate surface area is 199 Å². The summed E-state index contributed by atoms with van der Waals surface area (Å²) in [6.45, 7) is 4.35. The average Bonchev–Trinajstić information content (AvgIpc) is 3.32. The van der Waals surface area contributed by atoms with Crippen molar-refractivity contribution in [2.24, 2.45) is 0 Å². The van der Waals surface area contributed by atoms with Gasteiger partial charge in [-0.05, 0) is 53.1 Å². The summed E-state index contributed by atoms with van der Waals surface area (Å²) in [7, 11) is 1.70. The summed E-state index contributed by atoms with van der Waals surface area (Å²) in [6, 6.07) is 23.2. The van der Waals surface area contributed by atoms with Crippen molar-refractivity contribution in [1.82, 2.24) is 20.2 Å². The molecule has 1 amide bonds. The van der Waals surface area contributed by atoms with E-state index in [1.807, 2.05) is 12.1 Å². The summed E-state index contributed by atoms with van der Waals surface area (Å²) in [4.78, 5) is 23.8. The summed E-state index contributed by atoms with van der Waals surface area (Å²) >= 11 is 0. The monoisotopic (exact) mass is 455 g/mol. The van der Waals surface area contributed by atoms with Crippen molar-refractivity contribution in [3.63, 3.8) is 0 Å². The van der Waals surface area contributed by atoms with Crippen LogP contribution in [0, 0.1) is 0 Å². The number of anilines is 1. The molecule has 1 aliphatic rings. The summed E-state index contributed by atoms with van der Waals surface area (Å²) < 4.78 is 5.43. The van der Waals surface area contributed by atoms with Gasteiger partial charge in [0, 0.05) is 38.4 Å². The zero-order valence-corrected chi connectivity index (χ0v) is 19.3. The molecule has 2 N–H and O–H groups in total. The first-order chi connectivity index (χ1) is 16.7. The minimum absolute atomic E-state index is 0.0987. The van der Waals surface area contributed by atoms with Crippen molar-refractivity contribution < 1.29 is 9.53 Å². The molecule has 7 heteroatoms. The number of fused-ring (bicyclic) bond motifs is 1. The first-order valence-corrected chi connectivity index (χ1v) is 11.5. The molecule has 7 nitrogen and oxygen atoms in total. The number of carbonyl (C=O) groups excluding carboxylic acids is 1. The van der Waals surface area contributed by atoms with E-state index in [-0.39, 0.29) is 5.91 Å². The van der Waals surface area contributed by atoms with Crippen molar-refractivity contribution in [3.05, 3.63) is 89.7 Å². The van der Waals surface area contributed by atoms with Crippen LogP contribution in [-0.4, -0.2) is 47.5 Å². The maximum Gasteiger partial charge on any atom is 0.234 e. The van der Waals surface area contributed by atoms with Gasteiger partial charge in [0.15, 0.2) is 0 Å². The van der Waals surface area contributed by atoms with Crippen LogP contribution in [-0.2, 0) is 24.4 Å². The van der Waals surface area contributed by atoms with Gasteiger partial charge in [0.25, 0.3) is 0 Å². The number of methoxy groups -OCH3 is 1. The molecule has 34 heavy (non-hydrogen) atoms. The second-order valence-electron chi connectivity index (χ2n) is 8.69. The predicted octanol–water partition coefficient (Wildman–Crippen LogP) is 3.71. The second-order valence-corrected chi connectivity index (χ2v) is 8.69. The first kappa shape index (κ1) is 22.0. The zero-order chi connectivity index (χ0) is 23.3. The number of hydrogen-bond acceptors (Lipinski definition) is 5. The molecular weight excluding hydrogens is 426 g/mol. The summed E-state index contributed by atoms with van der Waals surface area (Å²) in [5.41, 5.74) is 6.76. The fraction of sp³-hybridized carbons (Fsp3) is 0.259. The van der Waals surface area contributed by atoms with Gasteiger partial charge < -0.3 is 19.9 Å². The lowest BCUT2D eigenvalue weighted by atomic mass is 10.1. The number of nitrogens with zero attached hydrogens (tertiary/aromatic N) is 3. The van der Waals surface area contributed by atoms with Gasteiger partial charge in [-0.2, -0.15) is 0 Å². The summed E-state index contributed by atoms with van der Waals surface area (Å²) in [5.74, 6) is 0.957. The van der Waals surface area contributed by atoms with Gasteiger partial charge in [0.05, 0.1) is 31.0 Å². The highest BCUT2D eigenvalue weighted by atomic mass is 16.5. The molecule has 5 rings (SSSR count). The van der Waals surface area contributed by atoms with E-state index in [2.05, 4.69) is 79.7 Å². The quantitative estimate of drug-likeness (QED) is 0.424. The number of imidazole rings is 1. The maximum atomic E-state index is 11.7. The van der Waals surface area contributed by atoms with E-state index in [0.29, 0.717) is 13.1 Å². The Morgan fingerprint density at radius 1 is 1.00 bits per heavy atom. The highest BCUT2D eigenvalue weighted by molar-refractivity contribution is 5.78. The van der Waals surface area contributed by atoms with Crippen LogP contribution in [0.2, 0.25) is 0 Å². The van der Waals surface area contributed by atoms with Crippen molar-refractivity contribution in [1.29, 1.82) is 0 Å². The lowest BCUT2D eigenvalue weighted by Gasteiger charge is -2.28. The molecule has 2 heterocycles. The van der Waals surface area contributed by atoms with Crippen LogP contribution >= 0.6 is 0 Å². The maximum absolute atomic E-state index is 11.7. The molecule has 0 unspecified atom stereocenters. The third-order valence-corrected chi connectivity index (χ3v) is 6.19. The van der Waals surface area contributed by atoms with Crippen molar-refractivity contribution in [2.45, 2.75) is 19.6 Å². The fourth-order valence-electron chi connectivity index (χ4n) is 4.43. The molecule has 4 aromatic rings. The molecule has 1 fully saturated rings. The van der Waals surface area contributed by atoms with Crippen LogP contribution in [0.1, 0.15) is 16.7 Å². The minimum Gasteiger partial charge on any atom is -0.497 e. The SMILES string of the molecule is COc1cccc(CN(Cc2ccc3nc[nH]c3c2)c2ccc(CN3CCNC(=O)C3)cc2)c1. The molecule has 0 radical (unpaired) electrons. The van der Waals surface area contributed by atoms with Crippen LogP contribution in [0.4, 0.5) is 5.69 Å². The number of nitrogens with one attached hydrogen (secondary N) is 2. The van der Waals surface area contributed by atoms with E-state index in [1.165, 1.54) is 16.7 Å². The minimum atomic E-state index is 0.0987. The Balaban J connectivity index is 1.37. The fourth-order valence-corrected chi connectivity index (χ4v) is 4.43. The highest BCUT2D eigenvalue weighted by Crippen LogP contribution is 2.24. The van der Waals surface area contributed by atoms with Crippen molar-refractivity contribution >= 4 is 22.6 Å². The number of rotatable bonds is 8. The molecular formula is C27H29N5O2. The van der Waals surface area contributed by atoms with E-state index < -0.39 is 0 Å². The highest BCUT2D eigenvalue weighted by Gasteiger charge is 2.16. The lowest BCUT2D eigenvalue weighted by Crippen LogP contribution is -2.47. The van der Waals surface area contributed by atoms with Crippen molar-refractivity contribution in [2.75, 3.05) is 31.6 Å². The third-order valence-electron chi connectivity index (χ3n) is 6.19. The van der Waals surface area contributed by atoms with Crippen molar-refractivity contribution in [3.8, 4) is 5.75 Å². The molecule has 0 spiro atoms. The van der Waals surface area contributed by atoms with Crippen LogP contribution in [0.25, 0.3) is 11.0 Å². The molecule has 0 bridgehead atoms. The van der Waals surface area contributed by atoms with Gasteiger partial charge in [-0.15, -0.1) is 0 Å². The Kier molecular flexibility index (Phi) is 6.44. The van der Waals surface area contributed by atoms with Crippen LogP contribution in [0.5, 0.6) is 5.75 Å². The average molecular weight is 456 g/mol. The van der Waals surface area contributed by atoms with E-state index in [0.717, 1.165) is 48.6 Å². The number of carbonyl (C=O) groups is 1. The third kappa shape index (κ3) is 5.21. The number of aromatic amines is 1. The van der Waals surface area contributed by atoms with Gasteiger partial charge in [0.2, 0.25) is 5.91 Å². The molecule has 174 valence electrons. The van der Waals surface area contributed by atoms with E-state index in [9.17, 15) is 4.79 Å². The van der Waals surface area contributed by atoms with E-state index in [4.69, 9.17) is 4.74 Å². The summed E-state index contributed by atoms with van der Waals surface area (Å²) in [6.07, 6.45) is 1.73. The lowest BCUT2D eigenvalue weighted by molar-refractivity contribution is -0.124. The number of H-pyrrole nitrogens is 1. The van der Waals surface area contributed by atoms with Crippen LogP contribution in [0.15, 0.2) is 73.1 Å². The number of aromatic nitrogens is 2.